The number of ether oxygens (including phenoxy) is 2. The number of hydrogen-bond acceptors (Lipinski definition) is 5. The van der Waals surface area contributed by atoms with Crippen molar-refractivity contribution in [1.82, 2.24) is 14.4 Å². The standard InChI is InChI=1S/C31H35N3O5/c1-32-24-6-3-2-5-22(24)19-25(32)30(37)33-14-11-31(12-15-33)13-16-34(21-31)29(36)10-8-26(35)23-7-9-27-28(20-23)39-18-4-17-38-27/h2-3,5-7,9,19-20H,4,8,10-18,21H2,1H3. The molecule has 2 saturated heterocycles. The zero-order chi connectivity index (χ0) is 27.0. The van der Waals surface area contributed by atoms with Crippen molar-refractivity contribution in [2.24, 2.45) is 12.5 Å². The highest BCUT2D eigenvalue weighted by Crippen LogP contribution is 2.41. The van der Waals surface area contributed by atoms with Crippen molar-refractivity contribution in [3.63, 3.8) is 0 Å². The molecule has 0 atom stereocenters. The number of amides is 2. The Morgan fingerprint density at radius 3 is 2.33 bits per heavy atom. The monoisotopic (exact) mass is 529 g/mol. The zero-order valence-corrected chi connectivity index (χ0v) is 22.5. The molecule has 3 aliphatic rings. The second-order valence-corrected chi connectivity index (χ2v) is 11.1. The van der Waals surface area contributed by atoms with Crippen LogP contribution in [0.2, 0.25) is 0 Å². The van der Waals surface area contributed by atoms with Crippen LogP contribution in [0.1, 0.15) is 59.4 Å². The van der Waals surface area contributed by atoms with Crippen LogP contribution in [0.5, 0.6) is 11.5 Å². The molecule has 39 heavy (non-hydrogen) atoms. The van der Waals surface area contributed by atoms with Crippen LogP contribution in [0, 0.1) is 5.41 Å². The molecule has 0 unspecified atom stereocenters. The van der Waals surface area contributed by atoms with Gasteiger partial charge in [-0.2, -0.15) is 0 Å². The van der Waals surface area contributed by atoms with Crippen LogP contribution in [0.25, 0.3) is 10.9 Å². The molecular formula is C31H35N3O5. The number of para-hydroxylation sites is 1. The summed E-state index contributed by atoms with van der Waals surface area (Å²) in [5, 5.41) is 1.07. The number of carbonyl (C=O) groups excluding carboxylic acids is 3. The second kappa shape index (κ2) is 10.4. The van der Waals surface area contributed by atoms with E-state index in [0.717, 1.165) is 36.6 Å². The molecule has 3 aliphatic heterocycles. The molecule has 3 aromatic rings. The highest BCUT2D eigenvalue weighted by Gasteiger charge is 2.43. The molecule has 0 radical (unpaired) electrons. The van der Waals surface area contributed by atoms with Crippen LogP contribution in [-0.4, -0.2) is 71.4 Å². The lowest BCUT2D eigenvalue weighted by molar-refractivity contribution is -0.130. The number of nitrogens with zero attached hydrogens (tertiary/aromatic N) is 3. The van der Waals surface area contributed by atoms with Gasteiger partial charge < -0.3 is 23.8 Å². The van der Waals surface area contributed by atoms with Crippen molar-refractivity contribution in [3.05, 3.63) is 59.8 Å². The Hall–Kier alpha value is -3.81. The van der Waals surface area contributed by atoms with Gasteiger partial charge in [0.1, 0.15) is 5.69 Å². The predicted octanol–water partition coefficient (Wildman–Crippen LogP) is 4.46. The first-order chi connectivity index (χ1) is 18.9. The Labute approximate surface area is 228 Å². The third-order valence-corrected chi connectivity index (χ3v) is 8.71. The van der Waals surface area contributed by atoms with E-state index in [9.17, 15) is 14.4 Å². The number of aryl methyl sites for hydroxylation is 1. The molecule has 2 fully saturated rings. The van der Waals surface area contributed by atoms with E-state index in [1.165, 1.54) is 0 Å². The van der Waals surface area contributed by atoms with E-state index in [-0.39, 0.29) is 35.9 Å². The zero-order valence-electron chi connectivity index (χ0n) is 22.5. The van der Waals surface area contributed by atoms with Crippen molar-refractivity contribution in [2.75, 3.05) is 39.4 Å². The van der Waals surface area contributed by atoms with Gasteiger partial charge in [0.25, 0.3) is 5.91 Å². The molecule has 1 aromatic heterocycles. The molecule has 2 amide bonds. The first kappa shape index (κ1) is 25.5. The van der Waals surface area contributed by atoms with Crippen molar-refractivity contribution in [3.8, 4) is 11.5 Å². The molecule has 0 saturated carbocycles. The smallest absolute Gasteiger partial charge is 0.270 e. The summed E-state index contributed by atoms with van der Waals surface area (Å²) in [7, 11) is 1.95. The van der Waals surface area contributed by atoms with Gasteiger partial charge >= 0.3 is 0 Å². The number of carbonyl (C=O) groups is 3. The fourth-order valence-electron chi connectivity index (χ4n) is 6.26. The lowest BCUT2D eigenvalue weighted by Gasteiger charge is -2.39. The summed E-state index contributed by atoms with van der Waals surface area (Å²) in [6.45, 7) is 3.99. The number of rotatable bonds is 5. The van der Waals surface area contributed by atoms with Gasteiger partial charge in [-0.3, -0.25) is 14.4 Å². The molecule has 204 valence electrons. The number of hydrogen-bond donors (Lipinski definition) is 0. The quantitative estimate of drug-likeness (QED) is 0.456. The van der Waals surface area contributed by atoms with E-state index in [0.29, 0.717) is 62.1 Å². The van der Waals surface area contributed by atoms with E-state index >= 15 is 0 Å². The van der Waals surface area contributed by atoms with Crippen LogP contribution in [0.3, 0.4) is 0 Å². The molecule has 2 aromatic carbocycles. The van der Waals surface area contributed by atoms with Crippen molar-refractivity contribution in [2.45, 2.75) is 38.5 Å². The Bertz CT molecular complexity index is 1420. The number of benzene rings is 2. The van der Waals surface area contributed by atoms with Crippen LogP contribution < -0.4 is 9.47 Å². The molecule has 1 spiro atoms. The van der Waals surface area contributed by atoms with Gasteiger partial charge in [0.15, 0.2) is 17.3 Å². The molecule has 6 rings (SSSR count). The Balaban J connectivity index is 1.01. The van der Waals surface area contributed by atoms with Crippen LogP contribution in [-0.2, 0) is 11.8 Å². The third kappa shape index (κ3) is 5.00. The van der Waals surface area contributed by atoms with Gasteiger partial charge in [-0.1, -0.05) is 18.2 Å². The third-order valence-electron chi connectivity index (χ3n) is 8.71. The molecule has 0 bridgehead atoms. The van der Waals surface area contributed by atoms with Crippen LogP contribution in [0.15, 0.2) is 48.5 Å². The van der Waals surface area contributed by atoms with Gasteiger partial charge in [-0.25, -0.2) is 0 Å². The summed E-state index contributed by atoms with van der Waals surface area (Å²) in [6, 6.07) is 15.3. The molecule has 0 aliphatic carbocycles. The predicted molar refractivity (Wildman–Crippen MR) is 147 cm³/mol. The van der Waals surface area contributed by atoms with Crippen molar-refractivity contribution < 1.29 is 23.9 Å². The van der Waals surface area contributed by atoms with E-state index in [1.807, 2.05) is 51.7 Å². The number of aromatic nitrogens is 1. The van der Waals surface area contributed by atoms with Gasteiger partial charge in [0.05, 0.1) is 13.2 Å². The molecule has 4 heterocycles. The van der Waals surface area contributed by atoms with Crippen LogP contribution in [0.4, 0.5) is 0 Å². The number of piperidine rings is 1. The summed E-state index contributed by atoms with van der Waals surface area (Å²) in [5.74, 6) is 1.29. The Kier molecular flexibility index (Phi) is 6.79. The average molecular weight is 530 g/mol. The van der Waals surface area contributed by atoms with E-state index in [1.54, 1.807) is 18.2 Å². The highest BCUT2D eigenvalue weighted by atomic mass is 16.5. The lowest BCUT2D eigenvalue weighted by atomic mass is 9.77. The minimum absolute atomic E-state index is 0.0311. The van der Waals surface area contributed by atoms with Gasteiger partial charge in [-0.15, -0.1) is 0 Å². The van der Waals surface area contributed by atoms with E-state index in [2.05, 4.69) is 0 Å². The fourth-order valence-corrected chi connectivity index (χ4v) is 6.26. The number of fused-ring (bicyclic) bond motifs is 2. The first-order valence-corrected chi connectivity index (χ1v) is 14.0. The van der Waals surface area contributed by atoms with Gasteiger partial charge in [0, 0.05) is 69.0 Å². The minimum Gasteiger partial charge on any atom is -0.490 e. The molecular weight excluding hydrogens is 494 g/mol. The summed E-state index contributed by atoms with van der Waals surface area (Å²) < 4.78 is 13.3. The fraction of sp³-hybridized carbons (Fsp3) is 0.452. The maximum absolute atomic E-state index is 13.3. The van der Waals surface area contributed by atoms with Crippen LogP contribution >= 0.6 is 0 Å². The summed E-state index contributed by atoms with van der Waals surface area (Å²) in [4.78, 5) is 43.0. The summed E-state index contributed by atoms with van der Waals surface area (Å²) in [6.07, 6.45) is 3.92. The molecule has 8 heteroatoms. The SMILES string of the molecule is Cn1c(C(=O)N2CCC3(CCN(C(=O)CCC(=O)c4ccc5c(c4)OCCCO5)C3)CC2)cc2ccccc21. The van der Waals surface area contributed by atoms with Gasteiger partial charge in [-0.05, 0) is 55.0 Å². The average Bonchev–Trinajstić information content (AvgIpc) is 3.43. The largest absolute Gasteiger partial charge is 0.490 e. The lowest BCUT2D eigenvalue weighted by Crippen LogP contribution is -2.45. The Morgan fingerprint density at radius 2 is 1.56 bits per heavy atom. The first-order valence-electron chi connectivity index (χ1n) is 14.0. The normalized spacial score (nSPS) is 18.4. The number of ketones is 1. The van der Waals surface area contributed by atoms with E-state index in [4.69, 9.17) is 9.47 Å². The van der Waals surface area contributed by atoms with E-state index < -0.39 is 0 Å². The second-order valence-electron chi connectivity index (χ2n) is 11.1. The number of likely N-dealkylation sites (tertiary alicyclic amines) is 2. The van der Waals surface area contributed by atoms with Crippen molar-refractivity contribution in [1.29, 1.82) is 0 Å². The summed E-state index contributed by atoms with van der Waals surface area (Å²) in [5.41, 5.74) is 2.38. The van der Waals surface area contributed by atoms with Crippen molar-refractivity contribution >= 4 is 28.5 Å². The maximum Gasteiger partial charge on any atom is 0.270 e. The Morgan fingerprint density at radius 1 is 0.846 bits per heavy atom. The topological polar surface area (TPSA) is 81.1 Å². The van der Waals surface area contributed by atoms with Gasteiger partial charge in [0.2, 0.25) is 5.91 Å². The maximum atomic E-state index is 13.3. The molecule has 0 N–H and O–H groups in total. The highest BCUT2D eigenvalue weighted by molar-refractivity contribution is 5.99. The summed E-state index contributed by atoms with van der Waals surface area (Å²) >= 11 is 0. The number of Topliss-reactive ketones (excluding diaryl/α,β-unsaturated/α-hetero) is 1. The minimum atomic E-state index is -0.0620. The molecule has 8 nitrogen and oxygen atoms in total.